The van der Waals surface area contributed by atoms with Crippen molar-refractivity contribution < 1.29 is 31.5 Å². The van der Waals surface area contributed by atoms with Crippen LogP contribution in [-0.2, 0) is 4.79 Å². The van der Waals surface area contributed by atoms with Gasteiger partial charge in [0.15, 0.2) is 29.4 Å². The molecule has 0 spiro atoms. The van der Waals surface area contributed by atoms with Crippen LogP contribution in [0.15, 0.2) is 6.07 Å². The molecule has 1 aromatic carbocycles. The molecule has 2 rings (SSSR count). The van der Waals surface area contributed by atoms with Crippen LogP contribution in [0.5, 0.6) is 0 Å². The predicted octanol–water partition coefficient (Wildman–Crippen LogP) is 1.92. The Hall–Kier alpha value is -2.19. The van der Waals surface area contributed by atoms with Crippen molar-refractivity contribution in [3.05, 3.63) is 34.9 Å². The largest absolute Gasteiger partial charge is 0.367 e. The van der Waals surface area contributed by atoms with E-state index < -0.39 is 52.7 Å². The summed E-state index contributed by atoms with van der Waals surface area (Å²) in [6.07, 6.45) is -1.68. The number of hydrogen-bond acceptors (Lipinski definition) is 2. The molecule has 0 aromatic heterocycles. The highest BCUT2D eigenvalue weighted by molar-refractivity contribution is 5.94. The molecule has 9 heteroatoms. The predicted molar refractivity (Wildman–Crippen MR) is 69.0 cm³/mol. The summed E-state index contributed by atoms with van der Waals surface area (Å²) >= 11 is 0. The summed E-state index contributed by atoms with van der Waals surface area (Å²) in [5.41, 5.74) is 3.92. The third-order valence-corrected chi connectivity index (χ3v) is 3.85. The molecular formula is C14H13F5N2O2. The fourth-order valence-corrected chi connectivity index (χ4v) is 2.53. The van der Waals surface area contributed by atoms with Crippen LogP contribution >= 0.6 is 0 Å². The van der Waals surface area contributed by atoms with Crippen molar-refractivity contribution in [2.75, 3.05) is 13.1 Å². The van der Waals surface area contributed by atoms with E-state index in [1.165, 1.54) is 0 Å². The van der Waals surface area contributed by atoms with E-state index in [4.69, 9.17) is 5.73 Å². The third kappa shape index (κ3) is 3.27. The Kier molecular flexibility index (Phi) is 4.86. The molecule has 0 aliphatic carbocycles. The second-order valence-corrected chi connectivity index (χ2v) is 5.28. The van der Waals surface area contributed by atoms with E-state index >= 15 is 0 Å². The van der Waals surface area contributed by atoms with Gasteiger partial charge < -0.3 is 10.6 Å². The van der Waals surface area contributed by atoms with Crippen LogP contribution in [0, 0.1) is 29.2 Å². The zero-order valence-electron chi connectivity index (χ0n) is 11.8. The minimum Gasteiger partial charge on any atom is -0.367 e. The van der Waals surface area contributed by atoms with Gasteiger partial charge >= 0.3 is 0 Å². The fourth-order valence-electron chi connectivity index (χ4n) is 2.53. The first-order valence-electron chi connectivity index (χ1n) is 6.79. The molecule has 2 amide bonds. The number of halogens is 5. The minimum atomic E-state index is -2.07. The zero-order valence-corrected chi connectivity index (χ0v) is 11.8. The van der Waals surface area contributed by atoms with Crippen LogP contribution in [0.4, 0.5) is 22.0 Å². The minimum absolute atomic E-state index is 0.0444. The number of nitrogens with two attached hydrogens (primary N) is 1. The molecule has 126 valence electrons. The van der Waals surface area contributed by atoms with E-state index in [1.807, 2.05) is 0 Å². The number of alkyl halides is 1. The van der Waals surface area contributed by atoms with Crippen LogP contribution in [-0.4, -0.2) is 36.0 Å². The van der Waals surface area contributed by atoms with Gasteiger partial charge in [-0.25, -0.2) is 22.0 Å². The highest BCUT2D eigenvalue weighted by atomic mass is 19.2. The van der Waals surface area contributed by atoms with Crippen LogP contribution < -0.4 is 5.73 Å². The molecule has 0 saturated carbocycles. The summed E-state index contributed by atoms with van der Waals surface area (Å²) in [5, 5.41) is 0. The first-order valence-corrected chi connectivity index (χ1v) is 6.79. The van der Waals surface area contributed by atoms with Gasteiger partial charge in [0.25, 0.3) is 11.8 Å². The van der Waals surface area contributed by atoms with Crippen molar-refractivity contribution in [2.45, 2.75) is 19.0 Å². The number of rotatable bonds is 3. The van der Waals surface area contributed by atoms with Crippen molar-refractivity contribution in [3.63, 3.8) is 0 Å². The van der Waals surface area contributed by atoms with Gasteiger partial charge in [-0.15, -0.1) is 0 Å². The average molecular weight is 336 g/mol. The lowest BCUT2D eigenvalue weighted by molar-refractivity contribution is -0.125. The highest BCUT2D eigenvalue weighted by Crippen LogP contribution is 2.25. The lowest BCUT2D eigenvalue weighted by Gasteiger charge is -2.32. The maximum absolute atomic E-state index is 13.6. The van der Waals surface area contributed by atoms with E-state index in [0.29, 0.717) is 0 Å². The van der Waals surface area contributed by atoms with Gasteiger partial charge in [0.2, 0.25) is 0 Å². The van der Waals surface area contributed by atoms with Crippen molar-refractivity contribution in [2.24, 2.45) is 11.7 Å². The van der Waals surface area contributed by atoms with Gasteiger partial charge in [0.1, 0.15) is 0 Å². The summed E-state index contributed by atoms with van der Waals surface area (Å²) in [7, 11) is 0. The second-order valence-electron chi connectivity index (χ2n) is 5.28. The monoisotopic (exact) mass is 336 g/mol. The molecule has 1 atom stereocenters. The van der Waals surface area contributed by atoms with Gasteiger partial charge in [0, 0.05) is 19.0 Å². The number of primary amides is 1. The number of carbonyl (C=O) groups excluding carboxylic acids is 2. The molecule has 0 radical (unpaired) electrons. The van der Waals surface area contributed by atoms with Gasteiger partial charge in [-0.3, -0.25) is 9.59 Å². The smallest absolute Gasteiger partial charge is 0.257 e. The van der Waals surface area contributed by atoms with Crippen molar-refractivity contribution in [1.29, 1.82) is 0 Å². The summed E-state index contributed by atoms with van der Waals surface area (Å²) in [6.45, 7) is -0.0888. The molecule has 1 aliphatic heterocycles. The number of benzene rings is 1. The second kappa shape index (κ2) is 6.51. The number of carbonyl (C=O) groups is 2. The van der Waals surface area contributed by atoms with E-state index in [2.05, 4.69) is 0 Å². The SMILES string of the molecule is NC(=O)[C@@H](F)C1CCN(C(=O)c2cc(F)c(F)c(F)c2F)CC1. The molecule has 0 bridgehead atoms. The number of nitrogens with zero attached hydrogens (tertiary/aromatic N) is 1. The first kappa shape index (κ1) is 17.2. The molecule has 1 fully saturated rings. The Morgan fingerprint density at radius 1 is 1.09 bits per heavy atom. The molecule has 1 aromatic rings. The summed E-state index contributed by atoms with van der Waals surface area (Å²) in [4.78, 5) is 23.9. The molecule has 2 N–H and O–H groups in total. The molecular weight excluding hydrogens is 323 g/mol. The van der Waals surface area contributed by atoms with Gasteiger partial charge in [-0.05, 0) is 18.9 Å². The van der Waals surface area contributed by atoms with Crippen LogP contribution in [0.3, 0.4) is 0 Å². The zero-order chi connectivity index (χ0) is 17.3. The van der Waals surface area contributed by atoms with E-state index in [9.17, 15) is 31.5 Å². The van der Waals surface area contributed by atoms with Crippen LogP contribution in [0.25, 0.3) is 0 Å². The molecule has 4 nitrogen and oxygen atoms in total. The first-order chi connectivity index (χ1) is 10.7. The lowest BCUT2D eigenvalue weighted by atomic mass is 9.91. The lowest BCUT2D eigenvalue weighted by Crippen LogP contribution is -2.43. The summed E-state index contributed by atoms with van der Waals surface area (Å²) in [5.74, 6) is -10.4. The standard InChI is InChI=1S/C14H13F5N2O2/c15-8-5-7(10(17)12(19)11(8)18)14(23)21-3-1-6(2-4-21)9(16)13(20)22/h5-6,9H,1-4H2,(H2,20,22)/t9-/m0/s1. The normalized spacial score (nSPS) is 17.2. The number of piperidine rings is 1. The average Bonchev–Trinajstić information content (AvgIpc) is 2.55. The van der Waals surface area contributed by atoms with Gasteiger partial charge in [-0.2, -0.15) is 0 Å². The Morgan fingerprint density at radius 2 is 1.65 bits per heavy atom. The maximum atomic E-state index is 13.6. The van der Waals surface area contributed by atoms with Crippen molar-refractivity contribution >= 4 is 11.8 Å². The Balaban J connectivity index is 2.13. The quantitative estimate of drug-likeness (QED) is 0.521. The summed E-state index contributed by atoms with van der Waals surface area (Å²) in [6, 6.07) is 0.281. The molecule has 1 heterocycles. The highest BCUT2D eigenvalue weighted by Gasteiger charge is 2.33. The van der Waals surface area contributed by atoms with Gasteiger partial charge in [0.05, 0.1) is 5.56 Å². The van der Waals surface area contributed by atoms with Crippen LogP contribution in [0.2, 0.25) is 0 Å². The molecule has 23 heavy (non-hydrogen) atoms. The summed E-state index contributed by atoms with van der Waals surface area (Å²) < 4.78 is 66.3. The third-order valence-electron chi connectivity index (χ3n) is 3.85. The van der Waals surface area contributed by atoms with Crippen molar-refractivity contribution in [3.8, 4) is 0 Å². The number of likely N-dealkylation sites (tertiary alicyclic amines) is 1. The molecule has 1 saturated heterocycles. The molecule has 0 unspecified atom stereocenters. The van der Waals surface area contributed by atoms with Gasteiger partial charge in [-0.1, -0.05) is 0 Å². The Labute approximate surface area is 128 Å². The van der Waals surface area contributed by atoms with E-state index in [1.54, 1.807) is 0 Å². The Morgan fingerprint density at radius 3 is 2.17 bits per heavy atom. The number of hydrogen-bond donors (Lipinski definition) is 1. The van der Waals surface area contributed by atoms with E-state index in [0.717, 1.165) is 4.90 Å². The fraction of sp³-hybridized carbons (Fsp3) is 0.429. The molecule has 1 aliphatic rings. The maximum Gasteiger partial charge on any atom is 0.257 e. The Bertz CT molecular complexity index is 645. The van der Waals surface area contributed by atoms with E-state index in [-0.39, 0.29) is 32.0 Å². The van der Waals surface area contributed by atoms with Crippen molar-refractivity contribution in [1.82, 2.24) is 4.90 Å². The van der Waals surface area contributed by atoms with Crippen LogP contribution in [0.1, 0.15) is 23.2 Å². The topological polar surface area (TPSA) is 63.4 Å². The number of amides is 2.